The summed E-state index contributed by atoms with van der Waals surface area (Å²) in [5.41, 5.74) is 8.27. The van der Waals surface area contributed by atoms with Crippen LogP contribution in [0, 0.1) is 20.2 Å². The molecule has 3 N–H and O–H groups in total. The molecule has 0 amide bonds. The van der Waals surface area contributed by atoms with E-state index in [1.54, 1.807) is 54.7 Å². The fraction of sp³-hybridized carbons (Fsp3) is 0.167. The molecule has 37 heavy (non-hydrogen) atoms. The van der Waals surface area contributed by atoms with Gasteiger partial charge in [-0.05, 0) is 41.5 Å². The van der Waals surface area contributed by atoms with E-state index in [-0.39, 0.29) is 20.6 Å². The van der Waals surface area contributed by atoms with Gasteiger partial charge >= 0.3 is 0 Å². The summed E-state index contributed by atoms with van der Waals surface area (Å²) in [4.78, 5) is 27.5. The Labute approximate surface area is 230 Å². The van der Waals surface area contributed by atoms with Gasteiger partial charge in [-0.1, -0.05) is 67.9 Å². The lowest BCUT2D eigenvalue weighted by atomic mass is 10.1. The highest BCUT2D eigenvalue weighted by Gasteiger charge is 2.07. The average molecular weight is 570 g/mol. The van der Waals surface area contributed by atoms with Crippen LogP contribution in [0.3, 0.4) is 0 Å². The smallest absolute Gasteiger partial charge is 0.253 e. The Balaban J connectivity index is 0.000000714. The molecule has 2 aromatic heterocycles. The first kappa shape index (κ1) is 33.3. The average Bonchev–Trinajstić information content (AvgIpc) is 2.76. The summed E-state index contributed by atoms with van der Waals surface area (Å²) < 4.78 is 0. The lowest BCUT2D eigenvalue weighted by Crippen LogP contribution is -2.06. The first-order valence-electron chi connectivity index (χ1n) is 9.78. The lowest BCUT2D eigenvalue weighted by Gasteiger charge is -2.09. The fourth-order valence-corrected chi connectivity index (χ4v) is 3.07. The van der Waals surface area contributed by atoms with E-state index in [2.05, 4.69) is 15.3 Å². The molecule has 0 radical (unpaired) electrons. The van der Waals surface area contributed by atoms with Crippen molar-refractivity contribution in [3.8, 4) is 0 Å². The van der Waals surface area contributed by atoms with Gasteiger partial charge in [-0.25, -0.2) is 9.97 Å². The molecule has 0 bridgehead atoms. The molecule has 0 unspecified atom stereocenters. The number of pyridine rings is 2. The summed E-state index contributed by atoms with van der Waals surface area (Å²) in [5.74, 6) is 0. The summed E-state index contributed by atoms with van der Waals surface area (Å²) >= 11 is 17.2. The monoisotopic (exact) mass is 568 g/mol. The molecule has 3 aromatic rings. The number of hydrogen-bond donors (Lipinski definition) is 2. The largest absolute Gasteiger partial charge is 0.397 e. The number of hydrogen-bond acceptors (Lipinski definition) is 8. The predicted octanol–water partition coefficient (Wildman–Crippen LogP) is 6.79. The summed E-state index contributed by atoms with van der Waals surface area (Å²) in [5, 5.41) is 25.1. The van der Waals surface area contributed by atoms with Crippen molar-refractivity contribution >= 4 is 40.5 Å². The number of nitrogens with zero attached hydrogens (tertiary/aromatic N) is 4. The van der Waals surface area contributed by atoms with E-state index >= 15 is 0 Å². The van der Waals surface area contributed by atoms with Crippen molar-refractivity contribution < 1.29 is 9.85 Å². The van der Waals surface area contributed by atoms with Crippen molar-refractivity contribution in [1.82, 2.24) is 9.97 Å². The normalized spacial score (nSPS) is 10.7. The SMILES string of the molecule is C.C.N/C(=C/[N+](=O)[O-])Cc1ccc(Cl)nc1.O=[N+]([O-])/C=C(\Cc1ccc(Cl)nc1)Nc1cccc(Cl)c1. The number of anilines is 1. The van der Waals surface area contributed by atoms with Crippen molar-refractivity contribution in [2.75, 3.05) is 5.32 Å². The summed E-state index contributed by atoms with van der Waals surface area (Å²) in [7, 11) is 0. The Morgan fingerprint density at radius 3 is 1.86 bits per heavy atom. The number of allylic oxidation sites excluding steroid dienone is 2. The van der Waals surface area contributed by atoms with Gasteiger partial charge in [0.1, 0.15) is 10.3 Å². The van der Waals surface area contributed by atoms with Gasteiger partial charge in [-0.3, -0.25) is 20.2 Å². The minimum absolute atomic E-state index is 0. The van der Waals surface area contributed by atoms with Gasteiger partial charge in [0.15, 0.2) is 0 Å². The van der Waals surface area contributed by atoms with Crippen molar-refractivity contribution in [3.63, 3.8) is 0 Å². The second-order valence-corrected chi connectivity index (χ2v) is 8.11. The number of benzene rings is 1. The topological polar surface area (TPSA) is 150 Å². The number of nitrogens with two attached hydrogens (primary N) is 1. The van der Waals surface area contributed by atoms with Gasteiger partial charge < -0.3 is 11.1 Å². The van der Waals surface area contributed by atoms with Crippen LogP contribution in [-0.4, -0.2) is 19.8 Å². The van der Waals surface area contributed by atoms with Crippen LogP contribution in [0.2, 0.25) is 15.3 Å². The molecular formula is C24H27Cl3N6O4. The van der Waals surface area contributed by atoms with Crippen LogP contribution in [0.5, 0.6) is 0 Å². The maximum atomic E-state index is 10.7. The molecule has 13 heteroatoms. The fourth-order valence-electron chi connectivity index (χ4n) is 2.66. The minimum Gasteiger partial charge on any atom is -0.397 e. The van der Waals surface area contributed by atoms with Gasteiger partial charge in [-0.15, -0.1) is 0 Å². The van der Waals surface area contributed by atoms with Gasteiger partial charge in [0.25, 0.3) is 12.4 Å². The summed E-state index contributed by atoms with van der Waals surface area (Å²) in [6.07, 6.45) is 5.44. The summed E-state index contributed by atoms with van der Waals surface area (Å²) in [6.45, 7) is 0. The molecule has 0 fully saturated rings. The highest BCUT2D eigenvalue weighted by Crippen LogP contribution is 2.18. The number of rotatable bonds is 8. The predicted molar refractivity (Wildman–Crippen MR) is 149 cm³/mol. The van der Waals surface area contributed by atoms with Crippen LogP contribution >= 0.6 is 34.8 Å². The van der Waals surface area contributed by atoms with Gasteiger partial charge in [0.2, 0.25) is 0 Å². The zero-order chi connectivity index (χ0) is 25.8. The lowest BCUT2D eigenvalue weighted by molar-refractivity contribution is -0.403. The van der Waals surface area contributed by atoms with Gasteiger partial charge in [0.05, 0.1) is 21.2 Å². The van der Waals surface area contributed by atoms with Crippen LogP contribution in [0.1, 0.15) is 26.0 Å². The second-order valence-electron chi connectivity index (χ2n) is 6.90. The van der Waals surface area contributed by atoms with Crippen molar-refractivity contribution in [2.45, 2.75) is 27.7 Å². The van der Waals surface area contributed by atoms with E-state index < -0.39 is 9.85 Å². The molecule has 198 valence electrons. The van der Waals surface area contributed by atoms with E-state index in [0.29, 0.717) is 39.6 Å². The van der Waals surface area contributed by atoms with E-state index in [1.165, 1.54) is 6.20 Å². The molecule has 0 aliphatic rings. The standard InChI is InChI=1S/C14H11Cl2N3O2.C8H8ClN3O2.2CH4/c15-11-2-1-3-12(7-11)18-13(9-19(20)21)6-10-4-5-14(16)17-8-10;9-8-2-1-6(4-11-8)3-7(10)5-12(13)14;;/h1-5,7-9,18H,6H2;1-2,4-5H,3,10H2;2*1H4/b13-9+;7-5+;;. The van der Waals surface area contributed by atoms with Crippen LogP contribution in [-0.2, 0) is 12.8 Å². The van der Waals surface area contributed by atoms with Gasteiger partial charge in [-0.2, -0.15) is 0 Å². The Hall–Kier alpha value is -3.73. The molecule has 0 aliphatic heterocycles. The van der Waals surface area contributed by atoms with E-state index in [0.717, 1.165) is 23.5 Å². The van der Waals surface area contributed by atoms with E-state index in [1.807, 2.05) is 0 Å². The molecule has 2 heterocycles. The molecule has 0 saturated carbocycles. The zero-order valence-electron chi connectivity index (χ0n) is 18.0. The number of halogens is 3. The van der Waals surface area contributed by atoms with Gasteiger partial charge in [0, 0.05) is 35.9 Å². The molecule has 0 aliphatic carbocycles. The van der Waals surface area contributed by atoms with E-state index in [4.69, 9.17) is 40.5 Å². The summed E-state index contributed by atoms with van der Waals surface area (Å²) in [6, 6.07) is 13.7. The van der Waals surface area contributed by atoms with Crippen molar-refractivity contribution in [1.29, 1.82) is 0 Å². The highest BCUT2D eigenvalue weighted by molar-refractivity contribution is 6.31. The van der Waals surface area contributed by atoms with Crippen LogP contribution in [0.15, 0.2) is 84.7 Å². The Kier molecular flexibility index (Phi) is 15.2. The van der Waals surface area contributed by atoms with Crippen LogP contribution in [0.25, 0.3) is 0 Å². The quantitative estimate of drug-likeness (QED) is 0.171. The Bertz CT molecular complexity index is 1220. The maximum absolute atomic E-state index is 10.7. The molecule has 0 spiro atoms. The Morgan fingerprint density at radius 1 is 0.865 bits per heavy atom. The number of nitrogens with one attached hydrogen (secondary N) is 1. The molecule has 0 atom stereocenters. The number of nitro groups is 2. The van der Waals surface area contributed by atoms with Crippen LogP contribution in [0.4, 0.5) is 5.69 Å². The first-order chi connectivity index (χ1) is 16.6. The van der Waals surface area contributed by atoms with Crippen LogP contribution < -0.4 is 11.1 Å². The molecular weight excluding hydrogens is 543 g/mol. The Morgan fingerprint density at radius 2 is 1.41 bits per heavy atom. The first-order valence-corrected chi connectivity index (χ1v) is 10.9. The third-order valence-electron chi connectivity index (χ3n) is 4.04. The molecule has 10 nitrogen and oxygen atoms in total. The number of aromatic nitrogens is 2. The minimum atomic E-state index is -0.585. The third kappa shape index (κ3) is 13.8. The molecule has 3 rings (SSSR count). The molecule has 1 aromatic carbocycles. The second kappa shape index (κ2) is 16.9. The van der Waals surface area contributed by atoms with E-state index in [9.17, 15) is 20.2 Å². The van der Waals surface area contributed by atoms with Crippen molar-refractivity contribution in [3.05, 3.63) is 131 Å². The van der Waals surface area contributed by atoms with Crippen molar-refractivity contribution in [2.24, 2.45) is 5.73 Å². The highest BCUT2D eigenvalue weighted by atomic mass is 35.5. The maximum Gasteiger partial charge on any atom is 0.253 e. The zero-order valence-corrected chi connectivity index (χ0v) is 20.2. The third-order valence-corrected chi connectivity index (χ3v) is 4.72. The molecule has 0 saturated heterocycles.